The van der Waals surface area contributed by atoms with Crippen LogP contribution in [0.15, 0.2) is 36.5 Å². The zero-order valence-electron chi connectivity index (χ0n) is 14.3. The van der Waals surface area contributed by atoms with Crippen molar-refractivity contribution in [3.05, 3.63) is 42.1 Å². The predicted octanol–water partition coefficient (Wildman–Crippen LogP) is 3.29. The Hall–Kier alpha value is -1.65. The van der Waals surface area contributed by atoms with Gasteiger partial charge < -0.3 is 5.32 Å². The highest BCUT2D eigenvalue weighted by atomic mass is 15.2. The van der Waals surface area contributed by atoms with Crippen LogP contribution in [0.4, 0.5) is 0 Å². The van der Waals surface area contributed by atoms with Gasteiger partial charge in [0.1, 0.15) is 0 Å². The molecule has 0 amide bonds. The first-order chi connectivity index (χ1) is 11.3. The number of nitrogens with zero attached hydrogens (tertiary/aromatic N) is 2. The van der Waals surface area contributed by atoms with Gasteiger partial charge in [-0.3, -0.25) is 10.00 Å². The number of likely N-dealkylation sites (tertiary alicyclic amines) is 1. The maximum absolute atomic E-state index is 4.23. The topological polar surface area (TPSA) is 44.0 Å². The molecule has 0 spiro atoms. The summed E-state index contributed by atoms with van der Waals surface area (Å²) >= 11 is 0. The molecular weight excluding hydrogens is 284 g/mol. The lowest BCUT2D eigenvalue weighted by atomic mass is 10.0. The van der Waals surface area contributed by atoms with Crippen molar-refractivity contribution in [1.82, 2.24) is 20.4 Å². The summed E-state index contributed by atoms with van der Waals surface area (Å²) < 4.78 is 0. The van der Waals surface area contributed by atoms with Crippen molar-refractivity contribution in [3.8, 4) is 11.3 Å². The van der Waals surface area contributed by atoms with E-state index in [0.29, 0.717) is 12.0 Å². The summed E-state index contributed by atoms with van der Waals surface area (Å²) in [6, 6.07) is 11.0. The van der Waals surface area contributed by atoms with Crippen molar-refractivity contribution < 1.29 is 0 Å². The van der Waals surface area contributed by atoms with Crippen molar-refractivity contribution in [1.29, 1.82) is 0 Å². The largest absolute Gasteiger partial charge is 0.311 e. The summed E-state index contributed by atoms with van der Waals surface area (Å²) in [5.74, 6) is 0.679. The Labute approximate surface area is 139 Å². The molecule has 2 aromatic rings. The zero-order valence-corrected chi connectivity index (χ0v) is 14.3. The summed E-state index contributed by atoms with van der Waals surface area (Å²) in [6.45, 7) is 9.07. The summed E-state index contributed by atoms with van der Waals surface area (Å²) in [5.41, 5.74) is 3.56. The lowest BCUT2D eigenvalue weighted by Gasteiger charge is -2.31. The molecule has 3 rings (SSSR count). The lowest BCUT2D eigenvalue weighted by Crippen LogP contribution is -2.44. The highest BCUT2D eigenvalue weighted by molar-refractivity contribution is 5.62. The average molecular weight is 312 g/mol. The number of rotatable bonds is 7. The van der Waals surface area contributed by atoms with E-state index in [0.717, 1.165) is 18.8 Å². The summed E-state index contributed by atoms with van der Waals surface area (Å²) in [4.78, 5) is 2.64. The van der Waals surface area contributed by atoms with Crippen LogP contribution in [0.3, 0.4) is 0 Å². The number of hydrogen-bond acceptors (Lipinski definition) is 3. The van der Waals surface area contributed by atoms with E-state index in [9.17, 15) is 0 Å². The third-order valence-electron chi connectivity index (χ3n) is 4.83. The maximum atomic E-state index is 4.23. The third-order valence-corrected chi connectivity index (χ3v) is 4.83. The molecule has 4 nitrogen and oxygen atoms in total. The van der Waals surface area contributed by atoms with Crippen molar-refractivity contribution in [2.45, 2.75) is 39.3 Å². The van der Waals surface area contributed by atoms with Gasteiger partial charge in [0, 0.05) is 24.7 Å². The molecule has 124 valence electrons. The Bertz CT molecular complexity index is 584. The van der Waals surface area contributed by atoms with Gasteiger partial charge in [-0.15, -0.1) is 0 Å². The van der Waals surface area contributed by atoms with Crippen LogP contribution in [0, 0.1) is 5.92 Å². The van der Waals surface area contributed by atoms with Gasteiger partial charge in [0.05, 0.1) is 11.9 Å². The molecule has 4 heteroatoms. The van der Waals surface area contributed by atoms with E-state index >= 15 is 0 Å². The molecule has 0 aliphatic carbocycles. The summed E-state index contributed by atoms with van der Waals surface area (Å²) in [5, 5.41) is 11.0. The van der Waals surface area contributed by atoms with E-state index in [2.05, 4.69) is 58.5 Å². The fourth-order valence-electron chi connectivity index (χ4n) is 3.51. The highest BCUT2D eigenvalue weighted by Gasteiger charge is 2.24. The molecule has 1 aliphatic heterocycles. The van der Waals surface area contributed by atoms with Crippen LogP contribution < -0.4 is 5.32 Å². The first kappa shape index (κ1) is 16.2. The van der Waals surface area contributed by atoms with E-state index in [1.165, 1.54) is 37.1 Å². The number of aromatic amines is 1. The molecule has 23 heavy (non-hydrogen) atoms. The summed E-state index contributed by atoms with van der Waals surface area (Å²) in [7, 11) is 0. The van der Waals surface area contributed by atoms with Crippen molar-refractivity contribution in [2.75, 3.05) is 19.6 Å². The van der Waals surface area contributed by atoms with Gasteiger partial charge in [-0.25, -0.2) is 0 Å². The van der Waals surface area contributed by atoms with Gasteiger partial charge in [0.2, 0.25) is 0 Å². The molecule has 1 atom stereocenters. The normalized spacial score (nSPS) is 17.0. The zero-order chi connectivity index (χ0) is 16.1. The van der Waals surface area contributed by atoms with Gasteiger partial charge in [-0.05, 0) is 37.4 Å². The second-order valence-electron chi connectivity index (χ2n) is 6.82. The smallest absolute Gasteiger partial charge is 0.0695 e. The maximum Gasteiger partial charge on any atom is 0.0695 e. The monoisotopic (exact) mass is 312 g/mol. The predicted molar refractivity (Wildman–Crippen MR) is 95.2 cm³/mol. The van der Waals surface area contributed by atoms with Gasteiger partial charge in [0.25, 0.3) is 0 Å². The Morgan fingerprint density at radius 1 is 1.17 bits per heavy atom. The van der Waals surface area contributed by atoms with E-state index in [1.54, 1.807) is 0 Å². The SMILES string of the molecule is CC(C)C(CNCc1cn[nH]c1-c1ccccc1)N1CCCC1. The van der Waals surface area contributed by atoms with Crippen LogP contribution in [0.2, 0.25) is 0 Å². The number of nitrogens with one attached hydrogen (secondary N) is 2. The minimum absolute atomic E-state index is 0.629. The first-order valence-electron chi connectivity index (χ1n) is 8.78. The molecule has 1 unspecified atom stereocenters. The Balaban J connectivity index is 1.59. The molecule has 0 saturated carbocycles. The van der Waals surface area contributed by atoms with Crippen molar-refractivity contribution in [2.24, 2.45) is 5.92 Å². The minimum atomic E-state index is 0.629. The molecule has 2 heterocycles. The van der Waals surface area contributed by atoms with Gasteiger partial charge in [-0.2, -0.15) is 5.10 Å². The van der Waals surface area contributed by atoms with Crippen molar-refractivity contribution >= 4 is 0 Å². The Morgan fingerprint density at radius 3 is 2.61 bits per heavy atom. The van der Waals surface area contributed by atoms with Gasteiger partial charge in [0.15, 0.2) is 0 Å². The van der Waals surface area contributed by atoms with Crippen molar-refractivity contribution in [3.63, 3.8) is 0 Å². The van der Waals surface area contributed by atoms with E-state index in [4.69, 9.17) is 0 Å². The van der Waals surface area contributed by atoms with E-state index in [-0.39, 0.29) is 0 Å². The third kappa shape index (κ3) is 4.01. The molecule has 1 fully saturated rings. The molecule has 0 bridgehead atoms. The number of H-pyrrole nitrogens is 1. The van der Waals surface area contributed by atoms with Gasteiger partial charge >= 0.3 is 0 Å². The van der Waals surface area contributed by atoms with Crippen LogP contribution in [0.25, 0.3) is 11.3 Å². The molecule has 1 aliphatic rings. The van der Waals surface area contributed by atoms with Crippen LogP contribution >= 0.6 is 0 Å². The molecule has 2 N–H and O–H groups in total. The lowest BCUT2D eigenvalue weighted by molar-refractivity contribution is 0.186. The van der Waals surface area contributed by atoms with Gasteiger partial charge in [-0.1, -0.05) is 44.2 Å². The minimum Gasteiger partial charge on any atom is -0.311 e. The molecule has 0 radical (unpaired) electrons. The Morgan fingerprint density at radius 2 is 1.91 bits per heavy atom. The highest BCUT2D eigenvalue weighted by Crippen LogP contribution is 2.21. The second kappa shape index (κ2) is 7.75. The number of aromatic nitrogens is 2. The molecular formula is C19H28N4. The van der Waals surface area contributed by atoms with Crippen LogP contribution in [0.5, 0.6) is 0 Å². The Kier molecular flexibility index (Phi) is 5.47. The standard InChI is InChI=1S/C19H28N4/c1-15(2)18(23-10-6-7-11-23)14-20-12-17-13-21-22-19(17)16-8-4-3-5-9-16/h3-5,8-9,13,15,18,20H,6-7,10-12,14H2,1-2H3,(H,21,22). The second-order valence-corrected chi connectivity index (χ2v) is 6.82. The number of hydrogen-bond donors (Lipinski definition) is 2. The van der Waals surface area contributed by atoms with E-state index in [1.807, 2.05) is 12.3 Å². The molecule has 1 aromatic carbocycles. The molecule has 1 saturated heterocycles. The van der Waals surface area contributed by atoms with Crippen LogP contribution in [-0.2, 0) is 6.54 Å². The first-order valence-corrected chi connectivity index (χ1v) is 8.78. The van der Waals surface area contributed by atoms with Crippen LogP contribution in [-0.4, -0.2) is 40.8 Å². The number of benzene rings is 1. The van der Waals surface area contributed by atoms with E-state index < -0.39 is 0 Å². The fraction of sp³-hybridized carbons (Fsp3) is 0.526. The average Bonchev–Trinajstić information content (AvgIpc) is 3.23. The molecule has 1 aromatic heterocycles. The van der Waals surface area contributed by atoms with Crippen LogP contribution in [0.1, 0.15) is 32.3 Å². The summed E-state index contributed by atoms with van der Waals surface area (Å²) in [6.07, 6.45) is 4.64. The fourth-order valence-corrected chi connectivity index (χ4v) is 3.51. The quantitative estimate of drug-likeness (QED) is 0.824.